The van der Waals surface area contributed by atoms with Crippen molar-refractivity contribution in [1.29, 1.82) is 0 Å². The Labute approximate surface area is 78.4 Å². The summed E-state index contributed by atoms with van der Waals surface area (Å²) in [6, 6.07) is 5.29. The van der Waals surface area contributed by atoms with Crippen molar-refractivity contribution >= 4 is 5.69 Å². The summed E-state index contributed by atoms with van der Waals surface area (Å²) >= 11 is 0. The van der Waals surface area contributed by atoms with E-state index < -0.39 is 0 Å². The van der Waals surface area contributed by atoms with Crippen LogP contribution in [0, 0.1) is 0 Å². The third-order valence-electron chi connectivity index (χ3n) is 2.01. The first-order valence-electron chi connectivity index (χ1n) is 4.20. The van der Waals surface area contributed by atoms with Gasteiger partial charge in [-0.3, -0.25) is 4.48 Å². The van der Waals surface area contributed by atoms with Crippen LogP contribution in [-0.4, -0.2) is 31.4 Å². The number of aliphatic hydroxyl groups excluding tert-OH is 1. The molecule has 1 rings (SSSR count). The van der Waals surface area contributed by atoms with Crippen LogP contribution in [0.1, 0.15) is 5.56 Å². The number of benzene rings is 1. The summed E-state index contributed by atoms with van der Waals surface area (Å²) in [4.78, 5) is 0. The maximum Gasteiger partial charge on any atom is 0.132 e. The Morgan fingerprint density at radius 1 is 1.23 bits per heavy atom. The molecule has 0 atom stereocenters. The van der Waals surface area contributed by atoms with Crippen LogP contribution >= 0.6 is 0 Å². The molecule has 0 heterocycles. The molecule has 1 aromatic rings. The summed E-state index contributed by atoms with van der Waals surface area (Å²) in [5.41, 5.74) is 1.63. The molecule has 13 heavy (non-hydrogen) atoms. The van der Waals surface area contributed by atoms with Crippen LogP contribution in [0.3, 0.4) is 0 Å². The lowest BCUT2D eigenvalue weighted by atomic mass is 10.1. The summed E-state index contributed by atoms with van der Waals surface area (Å²) in [7, 11) is 6.11. The topological polar surface area (TPSA) is 40.5 Å². The number of aliphatic hydroxyl groups is 1. The van der Waals surface area contributed by atoms with Gasteiger partial charge in [0.2, 0.25) is 0 Å². The van der Waals surface area contributed by atoms with Gasteiger partial charge >= 0.3 is 0 Å². The zero-order valence-corrected chi connectivity index (χ0v) is 8.28. The number of rotatable bonds is 2. The molecule has 0 aliphatic heterocycles. The SMILES string of the molecule is C[N+](C)(C)c1ccc(O)c(CO)c1. The van der Waals surface area contributed by atoms with Crippen molar-refractivity contribution in [3.05, 3.63) is 23.8 Å². The summed E-state index contributed by atoms with van der Waals surface area (Å²) < 4.78 is 0.674. The summed E-state index contributed by atoms with van der Waals surface area (Å²) in [5, 5.41) is 18.3. The van der Waals surface area contributed by atoms with Gasteiger partial charge in [0.1, 0.15) is 11.4 Å². The van der Waals surface area contributed by atoms with E-state index in [2.05, 4.69) is 0 Å². The van der Waals surface area contributed by atoms with Gasteiger partial charge in [-0.05, 0) is 6.07 Å². The highest BCUT2D eigenvalue weighted by atomic mass is 16.3. The van der Waals surface area contributed by atoms with Crippen molar-refractivity contribution in [2.24, 2.45) is 0 Å². The monoisotopic (exact) mass is 182 g/mol. The Morgan fingerprint density at radius 3 is 2.31 bits per heavy atom. The second kappa shape index (κ2) is 3.36. The van der Waals surface area contributed by atoms with Crippen LogP contribution in [0.15, 0.2) is 18.2 Å². The first kappa shape index (κ1) is 10.0. The summed E-state index contributed by atoms with van der Waals surface area (Å²) in [6.07, 6.45) is 0. The van der Waals surface area contributed by atoms with E-state index in [-0.39, 0.29) is 12.4 Å². The van der Waals surface area contributed by atoms with Gasteiger partial charge in [-0.1, -0.05) is 0 Å². The Kier molecular flexibility index (Phi) is 2.59. The first-order chi connectivity index (χ1) is 5.95. The van der Waals surface area contributed by atoms with Crippen LogP contribution in [0.4, 0.5) is 5.69 Å². The molecule has 0 unspecified atom stereocenters. The largest absolute Gasteiger partial charge is 0.508 e. The molecule has 0 spiro atoms. The minimum atomic E-state index is -0.125. The minimum Gasteiger partial charge on any atom is -0.508 e. The van der Waals surface area contributed by atoms with Crippen molar-refractivity contribution in [2.75, 3.05) is 21.1 Å². The van der Waals surface area contributed by atoms with Crippen molar-refractivity contribution in [2.45, 2.75) is 6.61 Å². The van der Waals surface area contributed by atoms with Crippen molar-refractivity contribution in [3.8, 4) is 5.75 Å². The summed E-state index contributed by atoms with van der Waals surface area (Å²) in [5.74, 6) is 0.153. The predicted octanol–water partition coefficient (Wildman–Crippen LogP) is 1.08. The van der Waals surface area contributed by atoms with E-state index in [4.69, 9.17) is 5.11 Å². The molecule has 0 saturated heterocycles. The van der Waals surface area contributed by atoms with E-state index in [1.807, 2.05) is 33.3 Å². The third-order valence-corrected chi connectivity index (χ3v) is 2.01. The molecule has 72 valence electrons. The number of quaternary nitrogens is 1. The average molecular weight is 182 g/mol. The molecule has 3 nitrogen and oxygen atoms in total. The molecule has 2 N–H and O–H groups in total. The molecule has 0 aliphatic carbocycles. The van der Waals surface area contributed by atoms with Gasteiger partial charge in [-0.25, -0.2) is 0 Å². The molecule has 1 aromatic carbocycles. The molecule has 0 fully saturated rings. The number of phenols is 1. The first-order valence-corrected chi connectivity index (χ1v) is 4.20. The second-order valence-electron chi connectivity index (χ2n) is 3.98. The molecule has 3 heteroatoms. The van der Waals surface area contributed by atoms with Crippen LogP contribution in [0.25, 0.3) is 0 Å². The highest BCUT2D eigenvalue weighted by Gasteiger charge is 2.13. The normalized spacial score (nSPS) is 11.7. The van der Waals surface area contributed by atoms with E-state index in [9.17, 15) is 5.11 Å². The fourth-order valence-electron chi connectivity index (χ4n) is 1.12. The fraction of sp³-hybridized carbons (Fsp3) is 0.400. The zero-order valence-electron chi connectivity index (χ0n) is 8.28. The third kappa shape index (κ3) is 2.20. The lowest BCUT2D eigenvalue weighted by Gasteiger charge is -2.23. The molecule has 0 saturated carbocycles. The van der Waals surface area contributed by atoms with Gasteiger partial charge in [0, 0.05) is 17.7 Å². The Hall–Kier alpha value is -1.06. The zero-order chi connectivity index (χ0) is 10.1. The lowest BCUT2D eigenvalue weighted by Crippen LogP contribution is -2.34. The minimum absolute atomic E-state index is 0.125. The second-order valence-corrected chi connectivity index (χ2v) is 3.98. The Bertz CT molecular complexity index is 302. The standard InChI is InChI=1S/C10H15NO2/c1-11(2,3)9-4-5-10(13)8(6-9)7-12/h4-6,12H,7H2,1-3H3/p+1. The average Bonchev–Trinajstić information content (AvgIpc) is 2.03. The van der Waals surface area contributed by atoms with Crippen LogP contribution in [-0.2, 0) is 6.61 Å². The quantitative estimate of drug-likeness (QED) is 0.672. The molecule has 0 amide bonds. The van der Waals surface area contributed by atoms with Crippen LogP contribution in [0.5, 0.6) is 5.75 Å². The van der Waals surface area contributed by atoms with E-state index in [1.54, 1.807) is 6.07 Å². The Balaban J connectivity index is 3.14. The highest BCUT2D eigenvalue weighted by Crippen LogP contribution is 2.25. The fourth-order valence-corrected chi connectivity index (χ4v) is 1.12. The van der Waals surface area contributed by atoms with E-state index in [0.717, 1.165) is 5.69 Å². The smallest absolute Gasteiger partial charge is 0.132 e. The van der Waals surface area contributed by atoms with E-state index >= 15 is 0 Å². The number of hydrogen-bond acceptors (Lipinski definition) is 2. The molecular formula is C10H16NO2+. The predicted molar refractivity (Wildman–Crippen MR) is 53.6 cm³/mol. The summed E-state index contributed by atoms with van der Waals surface area (Å²) in [6.45, 7) is -0.125. The molecular weight excluding hydrogens is 166 g/mol. The number of hydrogen-bond donors (Lipinski definition) is 2. The van der Waals surface area contributed by atoms with Gasteiger partial charge in [-0.15, -0.1) is 0 Å². The van der Waals surface area contributed by atoms with Crippen molar-refractivity contribution < 1.29 is 10.2 Å². The molecule has 0 aromatic heterocycles. The van der Waals surface area contributed by atoms with Crippen LogP contribution < -0.4 is 4.48 Å². The molecule has 0 radical (unpaired) electrons. The van der Waals surface area contributed by atoms with E-state index in [0.29, 0.717) is 10.0 Å². The van der Waals surface area contributed by atoms with E-state index in [1.165, 1.54) is 0 Å². The molecule has 0 aliphatic rings. The van der Waals surface area contributed by atoms with Gasteiger partial charge in [0.05, 0.1) is 27.7 Å². The lowest BCUT2D eigenvalue weighted by molar-refractivity contribution is 0.275. The Morgan fingerprint density at radius 2 is 1.85 bits per heavy atom. The highest BCUT2D eigenvalue weighted by molar-refractivity contribution is 5.49. The van der Waals surface area contributed by atoms with Crippen molar-refractivity contribution in [3.63, 3.8) is 0 Å². The molecule has 0 bridgehead atoms. The van der Waals surface area contributed by atoms with Crippen LogP contribution in [0.2, 0.25) is 0 Å². The number of nitrogens with zero attached hydrogens (tertiary/aromatic N) is 1. The van der Waals surface area contributed by atoms with Crippen molar-refractivity contribution in [1.82, 2.24) is 4.48 Å². The number of aromatic hydroxyl groups is 1. The van der Waals surface area contributed by atoms with Gasteiger partial charge in [0.25, 0.3) is 0 Å². The van der Waals surface area contributed by atoms with Gasteiger partial charge in [-0.2, -0.15) is 0 Å². The van der Waals surface area contributed by atoms with Gasteiger partial charge < -0.3 is 10.2 Å². The van der Waals surface area contributed by atoms with Gasteiger partial charge in [0.15, 0.2) is 0 Å². The maximum atomic E-state index is 9.33. The maximum absolute atomic E-state index is 9.33.